The third-order valence-corrected chi connectivity index (χ3v) is 4.26. The number of ether oxygens (including phenoxy) is 1. The van der Waals surface area contributed by atoms with Crippen LogP contribution in [-0.2, 0) is 4.74 Å². The zero-order chi connectivity index (χ0) is 11.9. The molecule has 96 valence electrons. The number of rotatable bonds is 8. The second-order valence-electron chi connectivity index (χ2n) is 5.05. The quantitative estimate of drug-likeness (QED) is 0.641. The Kier molecular flexibility index (Phi) is 6.37. The molecule has 2 heteroatoms. The van der Waals surface area contributed by atoms with E-state index in [1.54, 1.807) is 0 Å². The summed E-state index contributed by atoms with van der Waals surface area (Å²) in [6.07, 6.45) is 9.30. The van der Waals surface area contributed by atoms with Gasteiger partial charge in [0.1, 0.15) is 0 Å². The smallest absolute Gasteiger partial charge is 0.0576 e. The van der Waals surface area contributed by atoms with Gasteiger partial charge in [0.2, 0.25) is 0 Å². The predicted octanol–water partition coefficient (Wildman–Crippen LogP) is 3.50. The van der Waals surface area contributed by atoms with E-state index in [-0.39, 0.29) is 0 Å². The average molecular weight is 227 g/mol. The molecule has 1 atom stereocenters. The lowest BCUT2D eigenvalue weighted by Crippen LogP contribution is -2.44. The van der Waals surface area contributed by atoms with Crippen LogP contribution in [0.1, 0.15) is 65.7 Å². The highest BCUT2D eigenvalue weighted by Gasteiger charge is 2.22. The van der Waals surface area contributed by atoms with E-state index in [2.05, 4.69) is 26.1 Å². The molecule has 0 spiro atoms. The highest BCUT2D eigenvalue weighted by atomic mass is 16.5. The van der Waals surface area contributed by atoms with Crippen LogP contribution in [0.2, 0.25) is 0 Å². The van der Waals surface area contributed by atoms with E-state index >= 15 is 0 Å². The molecule has 16 heavy (non-hydrogen) atoms. The first kappa shape index (κ1) is 14.0. The van der Waals surface area contributed by atoms with Crippen molar-refractivity contribution in [2.24, 2.45) is 0 Å². The van der Waals surface area contributed by atoms with Gasteiger partial charge in [-0.15, -0.1) is 0 Å². The van der Waals surface area contributed by atoms with Crippen LogP contribution in [0.4, 0.5) is 0 Å². The Bertz CT molecular complexity index is 163. The van der Waals surface area contributed by atoms with Gasteiger partial charge in [-0.2, -0.15) is 0 Å². The highest BCUT2D eigenvalue weighted by Crippen LogP contribution is 2.20. The van der Waals surface area contributed by atoms with Crippen LogP contribution in [0.5, 0.6) is 0 Å². The molecule has 0 radical (unpaired) electrons. The van der Waals surface area contributed by atoms with Gasteiger partial charge in [-0.05, 0) is 51.5 Å². The van der Waals surface area contributed by atoms with E-state index in [1.165, 1.54) is 44.9 Å². The van der Waals surface area contributed by atoms with E-state index in [1.807, 2.05) is 0 Å². The molecule has 0 aromatic rings. The third kappa shape index (κ3) is 4.06. The summed E-state index contributed by atoms with van der Waals surface area (Å²) >= 11 is 0. The van der Waals surface area contributed by atoms with E-state index in [0.717, 1.165) is 13.2 Å². The van der Waals surface area contributed by atoms with Crippen molar-refractivity contribution < 1.29 is 4.74 Å². The van der Waals surface area contributed by atoms with Crippen molar-refractivity contribution in [3.63, 3.8) is 0 Å². The number of nitrogens with one attached hydrogen (secondary N) is 1. The lowest BCUT2D eigenvalue weighted by Gasteiger charge is -2.32. The molecule has 0 aromatic heterocycles. The molecule has 0 saturated carbocycles. The molecule has 1 heterocycles. The van der Waals surface area contributed by atoms with Crippen molar-refractivity contribution in [3.05, 3.63) is 0 Å². The number of hydrogen-bond donors (Lipinski definition) is 1. The SMILES string of the molecule is CCC(CC)(CC)NCCCC1CCCO1. The molecule has 1 aliphatic heterocycles. The fourth-order valence-electron chi connectivity index (χ4n) is 2.68. The summed E-state index contributed by atoms with van der Waals surface area (Å²) in [6, 6.07) is 0. The average Bonchev–Trinajstić information content (AvgIpc) is 2.83. The second kappa shape index (κ2) is 7.29. The first-order valence-electron chi connectivity index (χ1n) is 7.13. The van der Waals surface area contributed by atoms with Crippen molar-refractivity contribution in [3.8, 4) is 0 Å². The van der Waals surface area contributed by atoms with E-state index in [4.69, 9.17) is 4.74 Å². The van der Waals surface area contributed by atoms with Crippen molar-refractivity contribution in [2.45, 2.75) is 77.4 Å². The Balaban J connectivity index is 2.12. The van der Waals surface area contributed by atoms with Crippen LogP contribution in [0.3, 0.4) is 0 Å². The molecule has 1 unspecified atom stereocenters. The van der Waals surface area contributed by atoms with Gasteiger partial charge in [-0.25, -0.2) is 0 Å². The topological polar surface area (TPSA) is 21.3 Å². The summed E-state index contributed by atoms with van der Waals surface area (Å²) in [5.74, 6) is 0. The molecule has 0 aliphatic carbocycles. The summed E-state index contributed by atoms with van der Waals surface area (Å²) in [5.41, 5.74) is 0.385. The standard InChI is InChI=1S/C14H29NO/c1-4-14(5-2,6-3)15-11-7-9-13-10-8-12-16-13/h13,15H,4-12H2,1-3H3. The van der Waals surface area contributed by atoms with Crippen LogP contribution in [0.15, 0.2) is 0 Å². The minimum atomic E-state index is 0.385. The van der Waals surface area contributed by atoms with Crippen LogP contribution in [0, 0.1) is 0 Å². The van der Waals surface area contributed by atoms with Crippen LogP contribution in [0.25, 0.3) is 0 Å². The highest BCUT2D eigenvalue weighted by molar-refractivity contribution is 4.83. The fraction of sp³-hybridized carbons (Fsp3) is 1.00. The largest absolute Gasteiger partial charge is 0.378 e. The maximum absolute atomic E-state index is 5.64. The Labute approximate surface area is 101 Å². The Hall–Kier alpha value is -0.0800. The first-order valence-corrected chi connectivity index (χ1v) is 7.13. The normalized spacial score (nSPS) is 21.6. The molecule has 1 N–H and O–H groups in total. The van der Waals surface area contributed by atoms with Gasteiger partial charge in [0.25, 0.3) is 0 Å². The summed E-state index contributed by atoms with van der Waals surface area (Å²) < 4.78 is 5.64. The zero-order valence-corrected chi connectivity index (χ0v) is 11.3. The lowest BCUT2D eigenvalue weighted by molar-refractivity contribution is 0.101. The van der Waals surface area contributed by atoms with Crippen LogP contribution in [-0.4, -0.2) is 24.8 Å². The van der Waals surface area contributed by atoms with Crippen molar-refractivity contribution in [1.29, 1.82) is 0 Å². The molecular formula is C14H29NO. The first-order chi connectivity index (χ1) is 7.76. The molecule has 0 aromatic carbocycles. The number of hydrogen-bond acceptors (Lipinski definition) is 2. The Morgan fingerprint density at radius 3 is 2.38 bits per heavy atom. The summed E-state index contributed by atoms with van der Waals surface area (Å²) in [4.78, 5) is 0. The molecular weight excluding hydrogens is 198 g/mol. The van der Waals surface area contributed by atoms with E-state index < -0.39 is 0 Å². The van der Waals surface area contributed by atoms with Gasteiger partial charge in [0.05, 0.1) is 6.10 Å². The van der Waals surface area contributed by atoms with E-state index in [9.17, 15) is 0 Å². The van der Waals surface area contributed by atoms with Gasteiger partial charge in [0.15, 0.2) is 0 Å². The second-order valence-corrected chi connectivity index (χ2v) is 5.05. The molecule has 1 saturated heterocycles. The lowest BCUT2D eigenvalue weighted by atomic mass is 9.89. The Morgan fingerprint density at radius 2 is 1.88 bits per heavy atom. The molecule has 2 nitrogen and oxygen atoms in total. The monoisotopic (exact) mass is 227 g/mol. The minimum Gasteiger partial charge on any atom is -0.378 e. The van der Waals surface area contributed by atoms with Gasteiger partial charge >= 0.3 is 0 Å². The van der Waals surface area contributed by atoms with Gasteiger partial charge in [0, 0.05) is 12.1 Å². The van der Waals surface area contributed by atoms with Crippen LogP contribution >= 0.6 is 0 Å². The Morgan fingerprint density at radius 1 is 1.19 bits per heavy atom. The summed E-state index contributed by atoms with van der Waals surface area (Å²) in [7, 11) is 0. The van der Waals surface area contributed by atoms with Crippen molar-refractivity contribution >= 4 is 0 Å². The molecule has 0 bridgehead atoms. The summed E-state index contributed by atoms with van der Waals surface area (Å²) in [5, 5.41) is 3.75. The minimum absolute atomic E-state index is 0.385. The third-order valence-electron chi connectivity index (χ3n) is 4.26. The van der Waals surface area contributed by atoms with Gasteiger partial charge < -0.3 is 10.1 Å². The maximum Gasteiger partial charge on any atom is 0.0576 e. The van der Waals surface area contributed by atoms with Gasteiger partial charge in [-0.3, -0.25) is 0 Å². The van der Waals surface area contributed by atoms with E-state index in [0.29, 0.717) is 11.6 Å². The summed E-state index contributed by atoms with van der Waals surface area (Å²) in [6.45, 7) is 9.01. The predicted molar refractivity (Wildman–Crippen MR) is 69.8 cm³/mol. The fourth-order valence-corrected chi connectivity index (χ4v) is 2.68. The molecule has 0 amide bonds. The molecule has 1 aliphatic rings. The molecule has 1 fully saturated rings. The van der Waals surface area contributed by atoms with Crippen LogP contribution < -0.4 is 5.32 Å². The zero-order valence-electron chi connectivity index (χ0n) is 11.3. The van der Waals surface area contributed by atoms with Crippen molar-refractivity contribution in [2.75, 3.05) is 13.2 Å². The van der Waals surface area contributed by atoms with Gasteiger partial charge in [-0.1, -0.05) is 20.8 Å². The molecule has 1 rings (SSSR count). The van der Waals surface area contributed by atoms with Crippen molar-refractivity contribution in [1.82, 2.24) is 5.32 Å². The maximum atomic E-state index is 5.64.